The first-order valence-corrected chi connectivity index (χ1v) is 5.20. The van der Waals surface area contributed by atoms with E-state index in [0.717, 1.165) is 6.07 Å². The van der Waals surface area contributed by atoms with Crippen LogP contribution in [0.4, 0.5) is 11.4 Å². The third-order valence-electron chi connectivity index (χ3n) is 2.35. The number of esters is 1. The molecule has 92 valence electrons. The summed E-state index contributed by atoms with van der Waals surface area (Å²) < 4.78 is 5.06. The fourth-order valence-electron chi connectivity index (χ4n) is 1.16. The third-order valence-corrected chi connectivity index (χ3v) is 2.35. The van der Waals surface area contributed by atoms with E-state index >= 15 is 0 Å². The second-order valence-electron chi connectivity index (χ2n) is 3.65. The highest BCUT2D eigenvalue weighted by Gasteiger charge is 2.17. The smallest absolute Gasteiger partial charge is 0.340 e. The van der Waals surface area contributed by atoms with Crippen molar-refractivity contribution in [1.82, 2.24) is 0 Å². The van der Waals surface area contributed by atoms with E-state index in [1.807, 2.05) is 6.92 Å². The fourth-order valence-corrected chi connectivity index (χ4v) is 1.16. The lowest BCUT2D eigenvalue weighted by Gasteiger charge is -2.11. The highest BCUT2D eigenvalue weighted by molar-refractivity contribution is 5.95. The Bertz CT molecular complexity index is 445. The van der Waals surface area contributed by atoms with Gasteiger partial charge in [-0.2, -0.15) is 0 Å². The number of hydrogen-bond acceptors (Lipinski definition) is 5. The SMILES string of the molecule is CCC(C)OC(=O)c1cc([N+](=O)[O-])ccc1N. The van der Waals surface area contributed by atoms with Crippen molar-refractivity contribution in [2.75, 3.05) is 5.73 Å². The van der Waals surface area contributed by atoms with Crippen molar-refractivity contribution >= 4 is 17.3 Å². The van der Waals surface area contributed by atoms with E-state index < -0.39 is 10.9 Å². The summed E-state index contributed by atoms with van der Waals surface area (Å²) in [7, 11) is 0. The molecule has 0 radical (unpaired) electrons. The van der Waals surface area contributed by atoms with Gasteiger partial charge in [0.15, 0.2) is 0 Å². The van der Waals surface area contributed by atoms with Crippen molar-refractivity contribution in [2.24, 2.45) is 0 Å². The van der Waals surface area contributed by atoms with Gasteiger partial charge in [-0.3, -0.25) is 10.1 Å². The Labute approximate surface area is 98.5 Å². The lowest BCUT2D eigenvalue weighted by Crippen LogP contribution is -2.15. The van der Waals surface area contributed by atoms with E-state index in [2.05, 4.69) is 0 Å². The number of nitrogens with two attached hydrogens (primary N) is 1. The number of nitrogens with zero attached hydrogens (tertiary/aromatic N) is 1. The largest absolute Gasteiger partial charge is 0.459 e. The van der Waals surface area contributed by atoms with Crippen molar-refractivity contribution in [3.8, 4) is 0 Å². The van der Waals surface area contributed by atoms with Gasteiger partial charge in [0.2, 0.25) is 0 Å². The first-order chi connectivity index (χ1) is 7.95. The van der Waals surface area contributed by atoms with Gasteiger partial charge in [0, 0.05) is 17.8 Å². The van der Waals surface area contributed by atoms with Crippen molar-refractivity contribution in [3.63, 3.8) is 0 Å². The van der Waals surface area contributed by atoms with Gasteiger partial charge < -0.3 is 10.5 Å². The van der Waals surface area contributed by atoms with Gasteiger partial charge in [0.25, 0.3) is 5.69 Å². The van der Waals surface area contributed by atoms with Gasteiger partial charge in [0.1, 0.15) is 0 Å². The van der Waals surface area contributed by atoms with Crippen LogP contribution in [0.2, 0.25) is 0 Å². The lowest BCUT2D eigenvalue weighted by atomic mass is 10.1. The van der Waals surface area contributed by atoms with E-state index in [0.29, 0.717) is 6.42 Å². The molecular weight excluding hydrogens is 224 g/mol. The molecule has 1 aromatic rings. The van der Waals surface area contributed by atoms with Crippen LogP contribution in [0.1, 0.15) is 30.6 Å². The third kappa shape index (κ3) is 3.17. The number of anilines is 1. The maximum absolute atomic E-state index is 11.7. The topological polar surface area (TPSA) is 95.5 Å². The molecule has 2 N–H and O–H groups in total. The molecule has 0 aliphatic rings. The molecule has 6 heteroatoms. The molecule has 1 aromatic carbocycles. The summed E-state index contributed by atoms with van der Waals surface area (Å²) in [6, 6.07) is 3.70. The first kappa shape index (κ1) is 13.0. The number of benzene rings is 1. The van der Waals surface area contributed by atoms with Gasteiger partial charge in [-0.15, -0.1) is 0 Å². The van der Waals surface area contributed by atoms with E-state index in [1.54, 1.807) is 6.92 Å². The number of nitro benzene ring substituents is 1. The molecule has 1 unspecified atom stereocenters. The number of hydrogen-bond donors (Lipinski definition) is 1. The minimum absolute atomic E-state index is 0.0273. The molecule has 0 saturated carbocycles. The Kier molecular flexibility index (Phi) is 4.03. The molecule has 0 bridgehead atoms. The molecule has 0 heterocycles. The summed E-state index contributed by atoms with van der Waals surface area (Å²) in [4.78, 5) is 21.7. The second-order valence-corrected chi connectivity index (χ2v) is 3.65. The summed E-state index contributed by atoms with van der Waals surface area (Å²) in [5.74, 6) is -0.638. The Hall–Kier alpha value is -2.11. The highest BCUT2D eigenvalue weighted by atomic mass is 16.6. The Morgan fingerprint density at radius 3 is 2.76 bits per heavy atom. The molecule has 0 fully saturated rings. The van der Waals surface area contributed by atoms with Crippen LogP contribution in [-0.4, -0.2) is 17.0 Å². The zero-order chi connectivity index (χ0) is 13.0. The van der Waals surface area contributed by atoms with Gasteiger partial charge in [-0.25, -0.2) is 4.79 Å². The van der Waals surface area contributed by atoms with Gasteiger partial charge in [-0.05, 0) is 19.4 Å². The summed E-state index contributed by atoms with van der Waals surface area (Å²) in [5, 5.41) is 10.6. The fraction of sp³-hybridized carbons (Fsp3) is 0.364. The van der Waals surface area contributed by atoms with Crippen molar-refractivity contribution in [2.45, 2.75) is 26.4 Å². The van der Waals surface area contributed by atoms with Crippen LogP contribution >= 0.6 is 0 Å². The molecule has 1 atom stereocenters. The molecule has 1 rings (SSSR count). The number of nitrogen functional groups attached to an aromatic ring is 1. The second kappa shape index (κ2) is 5.29. The van der Waals surface area contributed by atoms with Crippen LogP contribution < -0.4 is 5.73 Å². The minimum atomic E-state index is -0.638. The number of non-ortho nitro benzene ring substituents is 1. The van der Waals surface area contributed by atoms with Gasteiger partial charge >= 0.3 is 5.97 Å². The number of carbonyl (C=O) groups excluding carboxylic acids is 1. The van der Waals surface area contributed by atoms with Crippen LogP contribution in [0.25, 0.3) is 0 Å². The van der Waals surface area contributed by atoms with Crippen molar-refractivity contribution < 1.29 is 14.5 Å². The number of nitro groups is 1. The minimum Gasteiger partial charge on any atom is -0.459 e. The monoisotopic (exact) mass is 238 g/mol. The summed E-state index contributed by atoms with van der Waals surface area (Å²) >= 11 is 0. The molecule has 17 heavy (non-hydrogen) atoms. The van der Waals surface area contributed by atoms with Crippen LogP contribution in [0.5, 0.6) is 0 Å². The Balaban J connectivity index is 3.00. The van der Waals surface area contributed by atoms with Crippen LogP contribution in [0.15, 0.2) is 18.2 Å². The Morgan fingerprint density at radius 1 is 1.59 bits per heavy atom. The quantitative estimate of drug-likeness (QED) is 0.375. The molecule has 0 saturated heterocycles. The van der Waals surface area contributed by atoms with Crippen molar-refractivity contribution in [1.29, 1.82) is 0 Å². The average molecular weight is 238 g/mol. The number of rotatable bonds is 4. The predicted molar refractivity (Wildman–Crippen MR) is 62.7 cm³/mol. The molecule has 0 aromatic heterocycles. The zero-order valence-corrected chi connectivity index (χ0v) is 9.67. The van der Waals surface area contributed by atoms with E-state index in [1.165, 1.54) is 12.1 Å². The van der Waals surface area contributed by atoms with Gasteiger partial charge in [0.05, 0.1) is 16.6 Å². The highest BCUT2D eigenvalue weighted by Crippen LogP contribution is 2.21. The molecular formula is C11H14N2O4. The molecule has 0 aliphatic carbocycles. The molecule has 0 aliphatic heterocycles. The summed E-state index contributed by atoms with van der Waals surface area (Å²) in [5.41, 5.74) is 5.60. The normalized spacial score (nSPS) is 11.9. The predicted octanol–water partition coefficient (Wildman–Crippen LogP) is 2.13. The van der Waals surface area contributed by atoms with Gasteiger partial charge in [-0.1, -0.05) is 6.92 Å². The van der Waals surface area contributed by atoms with Crippen LogP contribution in [-0.2, 0) is 4.74 Å². The van der Waals surface area contributed by atoms with E-state index in [-0.39, 0.29) is 23.0 Å². The standard InChI is InChI=1S/C11H14N2O4/c1-3-7(2)17-11(14)9-6-8(13(15)16)4-5-10(9)12/h4-7H,3,12H2,1-2H3. The zero-order valence-electron chi connectivity index (χ0n) is 9.67. The van der Waals surface area contributed by atoms with E-state index in [4.69, 9.17) is 10.5 Å². The Morgan fingerprint density at radius 2 is 2.24 bits per heavy atom. The average Bonchev–Trinajstić information content (AvgIpc) is 2.28. The number of carbonyl (C=O) groups is 1. The molecule has 6 nitrogen and oxygen atoms in total. The van der Waals surface area contributed by atoms with Crippen molar-refractivity contribution in [3.05, 3.63) is 33.9 Å². The maximum Gasteiger partial charge on any atom is 0.340 e. The maximum atomic E-state index is 11.7. The van der Waals surface area contributed by atoms with E-state index in [9.17, 15) is 14.9 Å². The van der Waals surface area contributed by atoms with Crippen LogP contribution in [0, 0.1) is 10.1 Å². The molecule has 0 spiro atoms. The molecule has 0 amide bonds. The lowest BCUT2D eigenvalue weighted by molar-refractivity contribution is -0.384. The summed E-state index contributed by atoms with van der Waals surface area (Å²) in [6.45, 7) is 3.61. The number of ether oxygens (including phenoxy) is 1. The van der Waals surface area contributed by atoms with Crippen LogP contribution in [0.3, 0.4) is 0 Å². The summed E-state index contributed by atoms with van der Waals surface area (Å²) in [6.07, 6.45) is 0.418. The first-order valence-electron chi connectivity index (χ1n) is 5.20.